The molecule has 0 aliphatic carbocycles. The minimum absolute atomic E-state index is 0.000825. The fourth-order valence-electron chi connectivity index (χ4n) is 2.16. The Balaban J connectivity index is 1.65. The Bertz CT molecular complexity index is 830. The second-order valence-corrected chi connectivity index (χ2v) is 5.60. The van der Waals surface area contributed by atoms with Gasteiger partial charge in [-0.15, -0.1) is 10.2 Å². The predicted octanol–water partition coefficient (Wildman–Crippen LogP) is 2.83. The van der Waals surface area contributed by atoms with Crippen LogP contribution in [0.5, 0.6) is 0 Å². The second-order valence-electron chi connectivity index (χ2n) is 5.60. The summed E-state index contributed by atoms with van der Waals surface area (Å²) < 4.78 is 5.45. The fourth-order valence-corrected chi connectivity index (χ4v) is 2.16. The van der Waals surface area contributed by atoms with Gasteiger partial charge in [-0.2, -0.15) is 0 Å². The molecule has 7 heteroatoms. The summed E-state index contributed by atoms with van der Waals surface area (Å²) >= 11 is 0. The van der Waals surface area contributed by atoms with Crippen molar-refractivity contribution in [2.45, 2.75) is 26.2 Å². The highest BCUT2D eigenvalue weighted by Crippen LogP contribution is 2.19. The molecule has 0 saturated heterocycles. The molecule has 0 aliphatic rings. The minimum Gasteiger partial charge on any atom is -0.419 e. The highest BCUT2D eigenvalue weighted by molar-refractivity contribution is 5.91. The predicted molar refractivity (Wildman–Crippen MR) is 88.2 cm³/mol. The van der Waals surface area contributed by atoms with Crippen LogP contribution in [0.15, 0.2) is 47.3 Å². The van der Waals surface area contributed by atoms with Crippen LogP contribution in [-0.2, 0) is 11.2 Å². The van der Waals surface area contributed by atoms with Crippen molar-refractivity contribution in [2.75, 3.05) is 5.32 Å². The van der Waals surface area contributed by atoms with Crippen LogP contribution in [0.2, 0.25) is 0 Å². The zero-order chi connectivity index (χ0) is 16.9. The first-order valence-electron chi connectivity index (χ1n) is 7.60. The maximum Gasteiger partial charge on any atom is 0.267 e. The number of hydrogen-bond donors (Lipinski definition) is 1. The molecule has 2 aromatic heterocycles. The summed E-state index contributed by atoms with van der Waals surface area (Å²) in [6.07, 6.45) is 4.61. The Labute approximate surface area is 139 Å². The van der Waals surface area contributed by atoms with Gasteiger partial charge in [0, 0.05) is 18.1 Å². The Hall–Kier alpha value is -3.09. The molecule has 0 saturated carbocycles. The van der Waals surface area contributed by atoms with Gasteiger partial charge in [0.25, 0.3) is 5.89 Å². The Morgan fingerprint density at radius 1 is 1.25 bits per heavy atom. The molecule has 0 spiro atoms. The smallest absolute Gasteiger partial charge is 0.267 e. The van der Waals surface area contributed by atoms with E-state index >= 15 is 0 Å². The van der Waals surface area contributed by atoms with E-state index in [0.717, 1.165) is 11.3 Å². The number of anilines is 1. The van der Waals surface area contributed by atoms with Crippen molar-refractivity contribution >= 4 is 11.6 Å². The molecule has 0 bridgehead atoms. The summed E-state index contributed by atoms with van der Waals surface area (Å²) in [5, 5.41) is 10.6. The van der Waals surface area contributed by atoms with E-state index in [0.29, 0.717) is 11.6 Å². The first kappa shape index (κ1) is 15.8. The molecule has 7 nitrogen and oxygen atoms in total. The standard InChI is InChI=1S/C17H17N5O2/c1-11(2)12-4-3-5-13(8-12)20-15(23)9-16-21-22-17(24-16)14-10-18-6-7-19-14/h3-8,10-11H,9H2,1-2H3,(H,20,23). The van der Waals surface area contributed by atoms with Crippen molar-refractivity contribution in [2.24, 2.45) is 0 Å². The van der Waals surface area contributed by atoms with Crippen molar-refractivity contribution in [1.29, 1.82) is 0 Å². The summed E-state index contributed by atoms with van der Waals surface area (Å²) in [6.45, 7) is 4.21. The highest BCUT2D eigenvalue weighted by atomic mass is 16.4. The van der Waals surface area contributed by atoms with Crippen LogP contribution in [0.3, 0.4) is 0 Å². The van der Waals surface area contributed by atoms with Crippen molar-refractivity contribution in [3.8, 4) is 11.6 Å². The van der Waals surface area contributed by atoms with Crippen LogP contribution < -0.4 is 5.32 Å². The summed E-state index contributed by atoms with van der Waals surface area (Å²) in [7, 11) is 0. The van der Waals surface area contributed by atoms with Crippen LogP contribution in [0.4, 0.5) is 5.69 Å². The van der Waals surface area contributed by atoms with Crippen molar-refractivity contribution in [1.82, 2.24) is 20.2 Å². The van der Waals surface area contributed by atoms with Crippen LogP contribution in [0, 0.1) is 0 Å². The largest absolute Gasteiger partial charge is 0.419 e. The first-order chi connectivity index (χ1) is 11.6. The molecule has 2 heterocycles. The summed E-state index contributed by atoms with van der Waals surface area (Å²) in [6, 6.07) is 7.76. The maximum absolute atomic E-state index is 12.1. The van der Waals surface area contributed by atoms with Gasteiger partial charge < -0.3 is 9.73 Å². The fraction of sp³-hybridized carbons (Fsp3) is 0.235. The van der Waals surface area contributed by atoms with Crippen LogP contribution in [0.25, 0.3) is 11.6 Å². The molecular weight excluding hydrogens is 306 g/mol. The van der Waals surface area contributed by atoms with Gasteiger partial charge >= 0.3 is 0 Å². The average molecular weight is 323 g/mol. The summed E-state index contributed by atoms with van der Waals surface area (Å²) in [5.74, 6) is 0.651. The van der Waals surface area contributed by atoms with Crippen LogP contribution in [-0.4, -0.2) is 26.1 Å². The first-order valence-corrected chi connectivity index (χ1v) is 7.60. The van der Waals surface area contributed by atoms with E-state index in [1.54, 1.807) is 6.20 Å². The van der Waals surface area contributed by atoms with E-state index in [4.69, 9.17) is 4.42 Å². The molecule has 3 aromatic rings. The molecule has 1 N–H and O–H groups in total. The molecule has 1 amide bonds. The van der Waals surface area contributed by atoms with Crippen LogP contribution >= 0.6 is 0 Å². The highest BCUT2D eigenvalue weighted by Gasteiger charge is 2.13. The zero-order valence-corrected chi connectivity index (χ0v) is 13.4. The van der Waals surface area contributed by atoms with E-state index in [1.807, 2.05) is 24.3 Å². The zero-order valence-electron chi connectivity index (χ0n) is 13.4. The molecule has 122 valence electrons. The maximum atomic E-state index is 12.1. The third kappa shape index (κ3) is 3.81. The lowest BCUT2D eigenvalue weighted by atomic mass is 10.0. The van der Waals surface area contributed by atoms with Crippen LogP contribution in [0.1, 0.15) is 31.2 Å². The van der Waals surface area contributed by atoms with E-state index < -0.39 is 0 Å². The lowest BCUT2D eigenvalue weighted by molar-refractivity contribution is -0.115. The number of carbonyl (C=O) groups excluding carboxylic acids is 1. The molecule has 0 atom stereocenters. The summed E-state index contributed by atoms with van der Waals surface area (Å²) in [5.41, 5.74) is 2.39. The van der Waals surface area contributed by atoms with E-state index in [1.165, 1.54) is 12.4 Å². The van der Waals surface area contributed by atoms with Gasteiger partial charge in [0.2, 0.25) is 11.8 Å². The lowest BCUT2D eigenvalue weighted by Gasteiger charge is -2.08. The molecule has 0 unspecified atom stereocenters. The average Bonchev–Trinajstić information content (AvgIpc) is 3.04. The monoisotopic (exact) mass is 323 g/mol. The van der Waals surface area contributed by atoms with Gasteiger partial charge in [0.15, 0.2) is 0 Å². The molecule has 1 aromatic carbocycles. The number of amides is 1. The molecule has 0 aliphatic heterocycles. The normalized spacial score (nSPS) is 10.8. The van der Waals surface area contributed by atoms with Crippen molar-refractivity contribution < 1.29 is 9.21 Å². The Kier molecular flexibility index (Phi) is 4.60. The number of carbonyl (C=O) groups is 1. The molecule has 24 heavy (non-hydrogen) atoms. The molecule has 3 rings (SSSR count). The van der Waals surface area contributed by atoms with E-state index in [9.17, 15) is 4.79 Å². The van der Waals surface area contributed by atoms with Gasteiger partial charge in [-0.05, 0) is 23.6 Å². The topological polar surface area (TPSA) is 93.8 Å². The van der Waals surface area contributed by atoms with Gasteiger partial charge in [0.05, 0.1) is 6.20 Å². The van der Waals surface area contributed by atoms with Crippen molar-refractivity contribution in [3.05, 3.63) is 54.3 Å². The quantitative estimate of drug-likeness (QED) is 0.776. The lowest BCUT2D eigenvalue weighted by Crippen LogP contribution is -2.14. The van der Waals surface area contributed by atoms with Gasteiger partial charge in [-0.1, -0.05) is 26.0 Å². The van der Waals surface area contributed by atoms with Gasteiger partial charge in [0.1, 0.15) is 12.1 Å². The number of rotatable bonds is 5. The SMILES string of the molecule is CC(C)c1cccc(NC(=O)Cc2nnc(-c3cnccn3)o2)c1. The Morgan fingerprint density at radius 3 is 2.88 bits per heavy atom. The third-order valence-corrected chi connectivity index (χ3v) is 3.40. The number of nitrogens with zero attached hydrogens (tertiary/aromatic N) is 4. The third-order valence-electron chi connectivity index (χ3n) is 3.40. The number of aromatic nitrogens is 4. The number of nitrogens with one attached hydrogen (secondary N) is 1. The van der Waals surface area contributed by atoms with Crippen molar-refractivity contribution in [3.63, 3.8) is 0 Å². The van der Waals surface area contributed by atoms with Gasteiger partial charge in [-0.25, -0.2) is 4.98 Å². The molecule has 0 radical (unpaired) electrons. The van der Waals surface area contributed by atoms with E-state index in [2.05, 4.69) is 39.3 Å². The van der Waals surface area contributed by atoms with E-state index in [-0.39, 0.29) is 24.1 Å². The summed E-state index contributed by atoms with van der Waals surface area (Å²) in [4.78, 5) is 20.2. The number of benzene rings is 1. The molecular formula is C17H17N5O2. The van der Waals surface area contributed by atoms with Gasteiger partial charge in [-0.3, -0.25) is 9.78 Å². The molecule has 0 fully saturated rings. The second kappa shape index (κ2) is 6.99. The number of hydrogen-bond acceptors (Lipinski definition) is 6. The minimum atomic E-state index is -0.217. The Morgan fingerprint density at radius 2 is 2.12 bits per heavy atom.